The lowest BCUT2D eigenvalue weighted by Crippen LogP contribution is -2.05. The Labute approximate surface area is 100 Å². The summed E-state index contributed by atoms with van der Waals surface area (Å²) >= 11 is 0. The molecule has 2 N–H and O–H groups in total. The normalized spacial score (nSPS) is 11.6. The van der Waals surface area contributed by atoms with Gasteiger partial charge in [0.05, 0.1) is 24.4 Å². The molecule has 18 heavy (non-hydrogen) atoms. The highest BCUT2D eigenvalue weighted by Crippen LogP contribution is 2.37. The number of benzene rings is 1. The van der Waals surface area contributed by atoms with Gasteiger partial charge in [-0.05, 0) is 18.2 Å². The highest BCUT2D eigenvalue weighted by Gasteiger charge is 2.31. The van der Waals surface area contributed by atoms with Gasteiger partial charge in [0.2, 0.25) is 0 Å². The molecule has 1 heterocycles. The molecular weight excluding hydrogens is 249 g/mol. The Morgan fingerprint density at radius 1 is 1.33 bits per heavy atom. The zero-order chi connectivity index (χ0) is 13.3. The van der Waals surface area contributed by atoms with Crippen LogP contribution in [0, 0.1) is 0 Å². The van der Waals surface area contributed by atoms with Crippen molar-refractivity contribution in [1.82, 2.24) is 4.98 Å². The molecule has 0 aliphatic heterocycles. The van der Waals surface area contributed by atoms with E-state index >= 15 is 0 Å². The largest absolute Gasteiger partial charge is 0.496 e. The fourth-order valence-electron chi connectivity index (χ4n) is 1.49. The second-order valence-electron chi connectivity index (χ2n) is 3.48. The molecule has 2 rings (SSSR count). The summed E-state index contributed by atoms with van der Waals surface area (Å²) in [6, 6.07) is 2.96. The fraction of sp³-hybridized carbons (Fsp3) is 0.182. The van der Waals surface area contributed by atoms with Crippen molar-refractivity contribution in [2.45, 2.75) is 6.18 Å². The number of nitrogens with zero attached hydrogens (tertiary/aromatic N) is 1. The van der Waals surface area contributed by atoms with E-state index < -0.39 is 11.7 Å². The molecule has 0 fully saturated rings. The predicted molar refractivity (Wildman–Crippen MR) is 57.9 cm³/mol. The smallest absolute Gasteiger partial charge is 0.416 e. The maximum absolute atomic E-state index is 12.6. The van der Waals surface area contributed by atoms with Crippen LogP contribution in [0.1, 0.15) is 5.56 Å². The number of anilines is 1. The van der Waals surface area contributed by atoms with Crippen LogP contribution in [0.3, 0.4) is 0 Å². The van der Waals surface area contributed by atoms with Crippen LogP contribution in [0.25, 0.3) is 11.3 Å². The number of nitrogen functional groups attached to an aromatic ring is 1. The topological polar surface area (TPSA) is 61.3 Å². The minimum Gasteiger partial charge on any atom is -0.496 e. The van der Waals surface area contributed by atoms with Crippen LogP contribution < -0.4 is 10.5 Å². The molecule has 1 aromatic carbocycles. The summed E-state index contributed by atoms with van der Waals surface area (Å²) in [6.07, 6.45) is -3.19. The molecule has 0 amide bonds. The van der Waals surface area contributed by atoms with E-state index in [1.54, 1.807) is 0 Å². The van der Waals surface area contributed by atoms with Crippen LogP contribution in [0.5, 0.6) is 5.75 Å². The van der Waals surface area contributed by atoms with Gasteiger partial charge in [-0.15, -0.1) is 0 Å². The predicted octanol–water partition coefficient (Wildman–Crippen LogP) is 2.95. The van der Waals surface area contributed by atoms with Crippen LogP contribution in [0.4, 0.5) is 19.2 Å². The van der Waals surface area contributed by atoms with E-state index in [9.17, 15) is 13.2 Å². The van der Waals surface area contributed by atoms with Crippen molar-refractivity contribution in [3.63, 3.8) is 0 Å². The van der Waals surface area contributed by atoms with E-state index in [0.717, 1.165) is 12.1 Å². The average molecular weight is 258 g/mol. The molecule has 4 nitrogen and oxygen atoms in total. The van der Waals surface area contributed by atoms with Gasteiger partial charge in [0.15, 0.2) is 5.76 Å². The van der Waals surface area contributed by atoms with Crippen LogP contribution in [0.15, 0.2) is 28.8 Å². The van der Waals surface area contributed by atoms with E-state index in [1.807, 2.05) is 0 Å². The lowest BCUT2D eigenvalue weighted by molar-refractivity contribution is -0.137. The molecular formula is C11H9F3N2O2. The highest BCUT2D eigenvalue weighted by molar-refractivity contribution is 5.67. The Kier molecular flexibility index (Phi) is 2.90. The lowest BCUT2D eigenvalue weighted by atomic mass is 10.1. The number of halogens is 3. The van der Waals surface area contributed by atoms with Crippen LogP contribution in [0.2, 0.25) is 0 Å². The summed E-state index contributed by atoms with van der Waals surface area (Å²) in [5.41, 5.74) is 4.64. The second kappa shape index (κ2) is 4.25. The van der Waals surface area contributed by atoms with Crippen LogP contribution in [-0.2, 0) is 6.18 Å². The number of aromatic nitrogens is 1. The number of hydrogen-bond acceptors (Lipinski definition) is 4. The zero-order valence-electron chi connectivity index (χ0n) is 9.28. The van der Waals surface area contributed by atoms with Gasteiger partial charge in [0.1, 0.15) is 5.75 Å². The third-order valence-electron chi connectivity index (χ3n) is 2.32. The maximum atomic E-state index is 12.6. The van der Waals surface area contributed by atoms with Gasteiger partial charge in [-0.25, -0.2) is 4.98 Å². The SMILES string of the molecule is COc1ccc(C(F)(F)F)cc1-c1cnc(N)o1. The van der Waals surface area contributed by atoms with Crippen molar-refractivity contribution in [3.05, 3.63) is 30.0 Å². The third-order valence-corrected chi connectivity index (χ3v) is 2.32. The minimum absolute atomic E-state index is 0.121. The number of oxazole rings is 1. The number of alkyl halides is 3. The summed E-state index contributed by atoms with van der Waals surface area (Å²) in [5, 5.41) is 0. The fourth-order valence-corrected chi connectivity index (χ4v) is 1.49. The average Bonchev–Trinajstić information content (AvgIpc) is 2.73. The third kappa shape index (κ3) is 2.24. The van der Waals surface area contributed by atoms with Gasteiger partial charge >= 0.3 is 6.18 Å². The van der Waals surface area contributed by atoms with Gasteiger partial charge < -0.3 is 14.9 Å². The highest BCUT2D eigenvalue weighted by atomic mass is 19.4. The quantitative estimate of drug-likeness (QED) is 0.899. The Bertz CT molecular complexity index is 564. The number of ether oxygens (including phenoxy) is 1. The van der Waals surface area contributed by atoms with E-state index in [1.165, 1.54) is 19.4 Å². The first-order valence-electron chi connectivity index (χ1n) is 4.88. The first-order valence-corrected chi connectivity index (χ1v) is 4.88. The molecule has 7 heteroatoms. The van der Waals surface area contributed by atoms with Crippen molar-refractivity contribution >= 4 is 6.01 Å². The molecule has 0 aliphatic rings. The number of nitrogens with two attached hydrogens (primary N) is 1. The van der Waals surface area contributed by atoms with E-state index in [0.29, 0.717) is 0 Å². The molecule has 0 bridgehead atoms. The van der Waals surface area contributed by atoms with Gasteiger partial charge in [-0.2, -0.15) is 13.2 Å². The van der Waals surface area contributed by atoms with Crippen molar-refractivity contribution in [1.29, 1.82) is 0 Å². The van der Waals surface area contributed by atoms with E-state index in [-0.39, 0.29) is 23.1 Å². The molecule has 0 atom stereocenters. The molecule has 1 aromatic heterocycles. The Hall–Kier alpha value is -2.18. The van der Waals surface area contributed by atoms with Gasteiger partial charge in [0, 0.05) is 0 Å². The monoisotopic (exact) mass is 258 g/mol. The molecule has 0 aliphatic carbocycles. The minimum atomic E-state index is -4.44. The first kappa shape index (κ1) is 12.3. The lowest BCUT2D eigenvalue weighted by Gasteiger charge is -2.10. The first-order chi connectivity index (χ1) is 8.41. The zero-order valence-corrected chi connectivity index (χ0v) is 9.28. The maximum Gasteiger partial charge on any atom is 0.416 e. The van der Waals surface area contributed by atoms with Gasteiger partial charge in [-0.3, -0.25) is 0 Å². The molecule has 0 unspecified atom stereocenters. The summed E-state index contributed by atoms with van der Waals surface area (Å²) in [4.78, 5) is 3.63. The second-order valence-corrected chi connectivity index (χ2v) is 3.48. The summed E-state index contributed by atoms with van der Waals surface area (Å²) < 4.78 is 47.8. The molecule has 96 valence electrons. The molecule has 0 saturated heterocycles. The van der Waals surface area contributed by atoms with E-state index in [2.05, 4.69) is 4.98 Å². The van der Waals surface area contributed by atoms with Gasteiger partial charge in [-0.1, -0.05) is 0 Å². The Morgan fingerprint density at radius 2 is 2.06 bits per heavy atom. The standard InChI is InChI=1S/C11H9F3N2O2/c1-17-8-3-2-6(11(12,13)14)4-7(8)9-5-16-10(15)18-9/h2-5H,1H3,(H2,15,16). The molecule has 0 saturated carbocycles. The summed E-state index contributed by atoms with van der Waals surface area (Å²) in [7, 11) is 1.35. The number of methoxy groups -OCH3 is 1. The van der Waals surface area contributed by atoms with Crippen molar-refractivity contribution in [2.24, 2.45) is 0 Å². The summed E-state index contributed by atoms with van der Waals surface area (Å²) in [6.45, 7) is 0. The Morgan fingerprint density at radius 3 is 2.56 bits per heavy atom. The number of hydrogen-bond donors (Lipinski definition) is 1. The van der Waals surface area contributed by atoms with Crippen LogP contribution in [-0.4, -0.2) is 12.1 Å². The molecule has 2 aromatic rings. The summed E-state index contributed by atoms with van der Waals surface area (Å²) in [5.74, 6) is 0.370. The van der Waals surface area contributed by atoms with E-state index in [4.69, 9.17) is 14.9 Å². The molecule has 0 spiro atoms. The van der Waals surface area contributed by atoms with Crippen LogP contribution >= 0.6 is 0 Å². The van der Waals surface area contributed by atoms with Crippen molar-refractivity contribution in [2.75, 3.05) is 12.8 Å². The van der Waals surface area contributed by atoms with Crippen molar-refractivity contribution < 1.29 is 22.3 Å². The Balaban J connectivity index is 2.56. The van der Waals surface area contributed by atoms with Gasteiger partial charge in [0.25, 0.3) is 6.01 Å². The number of rotatable bonds is 2. The van der Waals surface area contributed by atoms with Crippen molar-refractivity contribution in [3.8, 4) is 17.1 Å². The molecule has 0 radical (unpaired) electrons.